The van der Waals surface area contributed by atoms with Crippen molar-refractivity contribution < 1.29 is 9.90 Å². The molecule has 0 heterocycles. The fourth-order valence-electron chi connectivity index (χ4n) is 3.33. The summed E-state index contributed by atoms with van der Waals surface area (Å²) in [6, 6.07) is 0.444. The van der Waals surface area contributed by atoms with E-state index in [2.05, 4.69) is 39.9 Å². The lowest BCUT2D eigenvalue weighted by molar-refractivity contribution is -0.147. The zero-order valence-corrected chi connectivity index (χ0v) is 12.9. The highest BCUT2D eigenvalue weighted by molar-refractivity contribution is 5.73. The van der Waals surface area contributed by atoms with Gasteiger partial charge in [-0.05, 0) is 50.5 Å². The summed E-state index contributed by atoms with van der Waals surface area (Å²) in [5.41, 5.74) is 0.116. The second-order valence-electron chi connectivity index (χ2n) is 7.60. The van der Waals surface area contributed by atoms with Crippen LogP contribution in [0.3, 0.4) is 0 Å². The summed E-state index contributed by atoms with van der Waals surface area (Å²) < 4.78 is 0. The van der Waals surface area contributed by atoms with E-state index in [9.17, 15) is 4.79 Å². The molecule has 1 unspecified atom stereocenters. The molecular weight excluding hydrogens is 226 g/mol. The first kappa shape index (κ1) is 15.5. The van der Waals surface area contributed by atoms with E-state index >= 15 is 0 Å². The summed E-state index contributed by atoms with van der Waals surface area (Å²) in [6.45, 7) is 15.8. The third-order valence-corrected chi connectivity index (χ3v) is 5.43. The average molecular weight is 255 g/mol. The summed E-state index contributed by atoms with van der Waals surface area (Å²) in [4.78, 5) is 11.0. The Morgan fingerprint density at radius 1 is 1.28 bits per heavy atom. The maximum absolute atomic E-state index is 11.0. The number of carboxylic acid groups (broad SMARTS) is 1. The first-order chi connectivity index (χ1) is 7.94. The first-order valence-corrected chi connectivity index (χ1v) is 6.91. The van der Waals surface area contributed by atoms with Crippen molar-refractivity contribution in [3.05, 3.63) is 0 Å². The van der Waals surface area contributed by atoms with Crippen molar-refractivity contribution in [1.82, 2.24) is 5.32 Å². The van der Waals surface area contributed by atoms with Gasteiger partial charge in [-0.1, -0.05) is 27.7 Å². The fourth-order valence-corrected chi connectivity index (χ4v) is 3.33. The van der Waals surface area contributed by atoms with E-state index in [1.54, 1.807) is 13.8 Å². The molecule has 0 aliphatic heterocycles. The Morgan fingerprint density at radius 3 is 2.06 bits per heavy atom. The van der Waals surface area contributed by atoms with Crippen molar-refractivity contribution in [2.75, 3.05) is 6.54 Å². The lowest BCUT2D eigenvalue weighted by Crippen LogP contribution is -2.35. The van der Waals surface area contributed by atoms with E-state index in [0.29, 0.717) is 29.2 Å². The Morgan fingerprint density at radius 2 is 1.72 bits per heavy atom. The molecule has 0 spiro atoms. The van der Waals surface area contributed by atoms with Gasteiger partial charge in [0.05, 0.1) is 5.41 Å². The molecule has 0 amide bonds. The summed E-state index contributed by atoms with van der Waals surface area (Å²) in [6.07, 6.45) is 0.667. The first-order valence-electron chi connectivity index (χ1n) is 6.91. The second kappa shape index (κ2) is 4.52. The van der Waals surface area contributed by atoms with E-state index < -0.39 is 11.4 Å². The van der Waals surface area contributed by atoms with Gasteiger partial charge in [0, 0.05) is 6.04 Å². The number of hydrogen-bond acceptors (Lipinski definition) is 2. The molecule has 0 bridgehead atoms. The summed E-state index contributed by atoms with van der Waals surface area (Å²) >= 11 is 0. The maximum atomic E-state index is 11.0. The molecule has 0 aromatic rings. The molecule has 0 radical (unpaired) electrons. The Kier molecular flexibility index (Phi) is 3.89. The van der Waals surface area contributed by atoms with Crippen molar-refractivity contribution in [1.29, 1.82) is 0 Å². The van der Waals surface area contributed by atoms with Gasteiger partial charge in [0.25, 0.3) is 0 Å². The SMILES string of the molecule is CC(NCCC(C)(C)C(=O)O)C1C(C)(C)C1(C)C. The van der Waals surface area contributed by atoms with Crippen LogP contribution in [0.4, 0.5) is 0 Å². The third-order valence-electron chi connectivity index (χ3n) is 5.43. The standard InChI is InChI=1S/C15H29NO2/c1-10(11-14(4,5)15(11,6)7)16-9-8-13(2,3)12(17)18/h10-11,16H,8-9H2,1-7H3,(H,17,18). The highest BCUT2D eigenvalue weighted by Gasteiger charge is 2.66. The van der Waals surface area contributed by atoms with Crippen molar-refractivity contribution in [2.45, 2.75) is 60.9 Å². The lowest BCUT2D eigenvalue weighted by atomic mass is 9.89. The summed E-state index contributed by atoms with van der Waals surface area (Å²) in [5, 5.41) is 12.6. The Hall–Kier alpha value is -0.570. The van der Waals surface area contributed by atoms with Crippen LogP contribution in [0.25, 0.3) is 0 Å². The number of nitrogens with one attached hydrogen (secondary N) is 1. The van der Waals surface area contributed by atoms with Crippen LogP contribution in [-0.2, 0) is 4.79 Å². The molecule has 1 aliphatic rings. The van der Waals surface area contributed by atoms with E-state index in [1.165, 1.54) is 0 Å². The molecule has 0 saturated heterocycles. The fraction of sp³-hybridized carbons (Fsp3) is 0.933. The molecule has 3 heteroatoms. The maximum Gasteiger partial charge on any atom is 0.309 e. The van der Waals surface area contributed by atoms with Gasteiger partial charge in [0.15, 0.2) is 0 Å². The van der Waals surface area contributed by atoms with Gasteiger partial charge < -0.3 is 10.4 Å². The normalized spacial score (nSPS) is 23.7. The molecule has 18 heavy (non-hydrogen) atoms. The quantitative estimate of drug-likeness (QED) is 0.766. The molecule has 1 aliphatic carbocycles. The van der Waals surface area contributed by atoms with E-state index in [1.807, 2.05) is 0 Å². The zero-order valence-electron chi connectivity index (χ0n) is 12.9. The van der Waals surface area contributed by atoms with Crippen LogP contribution in [0.15, 0.2) is 0 Å². The molecule has 0 aromatic heterocycles. The van der Waals surface area contributed by atoms with Crippen LogP contribution in [0.1, 0.15) is 54.9 Å². The number of carboxylic acids is 1. The molecule has 2 N–H and O–H groups in total. The van der Waals surface area contributed by atoms with Gasteiger partial charge in [-0.3, -0.25) is 4.79 Å². The molecule has 106 valence electrons. The van der Waals surface area contributed by atoms with Gasteiger partial charge in [-0.15, -0.1) is 0 Å². The van der Waals surface area contributed by atoms with Crippen molar-refractivity contribution in [3.8, 4) is 0 Å². The lowest BCUT2D eigenvalue weighted by Gasteiger charge is -2.22. The number of carbonyl (C=O) groups is 1. The van der Waals surface area contributed by atoms with Crippen molar-refractivity contribution in [2.24, 2.45) is 22.2 Å². The van der Waals surface area contributed by atoms with Crippen LogP contribution in [-0.4, -0.2) is 23.7 Å². The van der Waals surface area contributed by atoms with Crippen LogP contribution >= 0.6 is 0 Å². The van der Waals surface area contributed by atoms with Crippen molar-refractivity contribution >= 4 is 5.97 Å². The largest absolute Gasteiger partial charge is 0.481 e. The molecule has 1 saturated carbocycles. The highest BCUT2D eigenvalue weighted by Crippen LogP contribution is 2.69. The van der Waals surface area contributed by atoms with Crippen LogP contribution in [0, 0.1) is 22.2 Å². The van der Waals surface area contributed by atoms with Gasteiger partial charge in [-0.2, -0.15) is 0 Å². The topological polar surface area (TPSA) is 49.3 Å². The molecule has 1 fully saturated rings. The predicted octanol–water partition coefficient (Wildman–Crippen LogP) is 3.15. The summed E-state index contributed by atoms with van der Waals surface area (Å²) in [5.74, 6) is -0.0537. The number of hydrogen-bond donors (Lipinski definition) is 2. The van der Waals surface area contributed by atoms with E-state index in [4.69, 9.17) is 5.11 Å². The minimum atomic E-state index is -0.718. The monoisotopic (exact) mass is 255 g/mol. The minimum Gasteiger partial charge on any atom is -0.481 e. The molecule has 1 atom stereocenters. The minimum absolute atomic E-state index is 0.377. The van der Waals surface area contributed by atoms with E-state index in [-0.39, 0.29) is 0 Å². The Bertz CT molecular complexity index is 317. The van der Waals surface area contributed by atoms with Crippen LogP contribution in [0.2, 0.25) is 0 Å². The molecule has 3 nitrogen and oxygen atoms in total. The highest BCUT2D eigenvalue weighted by atomic mass is 16.4. The van der Waals surface area contributed by atoms with Crippen molar-refractivity contribution in [3.63, 3.8) is 0 Å². The van der Waals surface area contributed by atoms with Gasteiger partial charge in [0.2, 0.25) is 0 Å². The molecule has 1 rings (SSSR count). The average Bonchev–Trinajstić information content (AvgIpc) is 2.56. The Balaban J connectivity index is 2.41. The predicted molar refractivity (Wildman–Crippen MR) is 74.6 cm³/mol. The number of rotatable bonds is 6. The summed E-state index contributed by atoms with van der Waals surface area (Å²) in [7, 11) is 0. The second-order valence-corrected chi connectivity index (χ2v) is 7.60. The third kappa shape index (κ3) is 2.56. The molecule has 0 aromatic carbocycles. The zero-order chi connectivity index (χ0) is 14.4. The number of aliphatic carboxylic acids is 1. The van der Waals surface area contributed by atoms with Crippen LogP contribution < -0.4 is 5.32 Å². The van der Waals surface area contributed by atoms with Crippen LogP contribution in [0.5, 0.6) is 0 Å². The molecular formula is C15H29NO2. The van der Waals surface area contributed by atoms with E-state index in [0.717, 1.165) is 6.54 Å². The Labute approximate surface area is 111 Å². The smallest absolute Gasteiger partial charge is 0.309 e. The van der Waals surface area contributed by atoms with Gasteiger partial charge >= 0.3 is 5.97 Å². The van der Waals surface area contributed by atoms with Gasteiger partial charge in [-0.25, -0.2) is 0 Å². The van der Waals surface area contributed by atoms with Gasteiger partial charge in [0.1, 0.15) is 0 Å².